The lowest BCUT2D eigenvalue weighted by Crippen LogP contribution is -2.33. The Labute approximate surface area is 113 Å². The molecule has 0 heterocycles. The minimum atomic E-state index is -0.365. The van der Waals surface area contributed by atoms with Crippen molar-refractivity contribution in [1.82, 2.24) is 4.90 Å². The zero-order valence-corrected chi connectivity index (χ0v) is 11.3. The number of benzene rings is 1. The summed E-state index contributed by atoms with van der Waals surface area (Å²) in [4.78, 5) is 12.7. The van der Waals surface area contributed by atoms with Crippen LogP contribution >= 0.6 is 0 Å². The van der Waals surface area contributed by atoms with E-state index in [9.17, 15) is 10.1 Å². The van der Waals surface area contributed by atoms with Crippen LogP contribution in [0.15, 0.2) is 24.3 Å². The van der Waals surface area contributed by atoms with Gasteiger partial charge >= 0.3 is 0 Å². The third-order valence-corrected chi connectivity index (χ3v) is 3.80. The van der Waals surface area contributed by atoms with Gasteiger partial charge in [-0.25, -0.2) is 0 Å². The lowest BCUT2D eigenvalue weighted by molar-refractivity contribution is -0.384. The van der Waals surface area contributed by atoms with Crippen LogP contribution in [0.1, 0.15) is 25.7 Å². The number of nitro groups is 1. The number of hydrogen-bond acceptors (Lipinski definition) is 4. The van der Waals surface area contributed by atoms with Gasteiger partial charge in [0.2, 0.25) is 0 Å². The molecule has 0 amide bonds. The van der Waals surface area contributed by atoms with Crippen molar-refractivity contribution in [3.05, 3.63) is 34.4 Å². The van der Waals surface area contributed by atoms with Gasteiger partial charge in [-0.3, -0.25) is 10.1 Å². The third kappa shape index (κ3) is 3.92. The molecule has 1 fully saturated rings. The lowest BCUT2D eigenvalue weighted by atomic mass is 10.2. The van der Waals surface area contributed by atoms with Gasteiger partial charge < -0.3 is 10.2 Å². The Morgan fingerprint density at radius 1 is 1.42 bits per heavy atom. The molecule has 0 atom stereocenters. The molecule has 1 saturated carbocycles. The second kappa shape index (κ2) is 6.52. The molecule has 1 aromatic carbocycles. The van der Waals surface area contributed by atoms with Gasteiger partial charge in [-0.2, -0.15) is 0 Å². The van der Waals surface area contributed by atoms with E-state index in [1.54, 1.807) is 12.1 Å². The molecule has 2 rings (SSSR count). The van der Waals surface area contributed by atoms with Gasteiger partial charge in [0.05, 0.1) is 4.92 Å². The molecular weight excluding hydrogens is 242 g/mol. The second-order valence-electron chi connectivity index (χ2n) is 5.15. The van der Waals surface area contributed by atoms with Crippen molar-refractivity contribution < 1.29 is 4.92 Å². The summed E-state index contributed by atoms with van der Waals surface area (Å²) in [5.41, 5.74) is 0.947. The number of non-ortho nitro benzene ring substituents is 1. The van der Waals surface area contributed by atoms with Crippen LogP contribution in [0, 0.1) is 10.1 Å². The summed E-state index contributed by atoms with van der Waals surface area (Å²) in [5, 5.41) is 13.9. The molecule has 104 valence electrons. The normalized spacial score (nSPS) is 15.9. The summed E-state index contributed by atoms with van der Waals surface area (Å²) in [6, 6.07) is 7.38. The molecule has 1 aliphatic carbocycles. The highest BCUT2D eigenvalue weighted by molar-refractivity contribution is 5.50. The third-order valence-electron chi connectivity index (χ3n) is 3.80. The van der Waals surface area contributed by atoms with Crippen LogP contribution in [0.4, 0.5) is 11.4 Å². The number of nitrogens with one attached hydrogen (secondary N) is 1. The summed E-state index contributed by atoms with van der Waals surface area (Å²) in [6.07, 6.45) is 5.28. The number of nitro benzene ring substituents is 1. The van der Waals surface area contributed by atoms with E-state index in [0.29, 0.717) is 6.04 Å². The van der Waals surface area contributed by atoms with Crippen molar-refractivity contribution in [1.29, 1.82) is 0 Å². The van der Waals surface area contributed by atoms with Crippen molar-refractivity contribution in [3.63, 3.8) is 0 Å². The van der Waals surface area contributed by atoms with E-state index in [2.05, 4.69) is 17.3 Å². The van der Waals surface area contributed by atoms with E-state index >= 15 is 0 Å². The highest BCUT2D eigenvalue weighted by Gasteiger charge is 2.18. The van der Waals surface area contributed by atoms with Gasteiger partial charge in [0.1, 0.15) is 0 Å². The van der Waals surface area contributed by atoms with Crippen molar-refractivity contribution in [2.45, 2.75) is 31.7 Å². The molecule has 0 aromatic heterocycles. The van der Waals surface area contributed by atoms with E-state index in [1.165, 1.54) is 31.7 Å². The molecule has 1 aliphatic rings. The minimum Gasteiger partial charge on any atom is -0.384 e. The fourth-order valence-corrected chi connectivity index (χ4v) is 2.63. The highest BCUT2D eigenvalue weighted by Crippen LogP contribution is 2.22. The Bertz CT molecular complexity index is 430. The van der Waals surface area contributed by atoms with Gasteiger partial charge in [0.25, 0.3) is 5.69 Å². The largest absolute Gasteiger partial charge is 0.384 e. The summed E-state index contributed by atoms with van der Waals surface area (Å²) in [5.74, 6) is 0. The SMILES string of the molecule is CN(CCNc1cccc([N+](=O)[O-])c1)C1CCCC1. The van der Waals surface area contributed by atoms with Crippen LogP contribution < -0.4 is 5.32 Å². The zero-order chi connectivity index (χ0) is 13.7. The molecule has 1 N–H and O–H groups in total. The number of hydrogen-bond donors (Lipinski definition) is 1. The summed E-state index contributed by atoms with van der Waals surface area (Å²) in [7, 11) is 2.16. The second-order valence-corrected chi connectivity index (χ2v) is 5.15. The molecule has 0 unspecified atom stereocenters. The molecule has 0 spiro atoms. The van der Waals surface area contributed by atoms with E-state index < -0.39 is 0 Å². The lowest BCUT2D eigenvalue weighted by Gasteiger charge is -2.24. The fraction of sp³-hybridized carbons (Fsp3) is 0.571. The first kappa shape index (κ1) is 13.8. The Kier molecular flexibility index (Phi) is 4.74. The van der Waals surface area contributed by atoms with Crippen molar-refractivity contribution >= 4 is 11.4 Å². The van der Waals surface area contributed by atoms with Crippen LogP contribution in [0.3, 0.4) is 0 Å². The molecule has 0 saturated heterocycles. The average Bonchev–Trinajstić information content (AvgIpc) is 2.93. The Hall–Kier alpha value is -1.62. The maximum absolute atomic E-state index is 10.7. The van der Waals surface area contributed by atoms with Crippen molar-refractivity contribution in [2.75, 3.05) is 25.5 Å². The minimum absolute atomic E-state index is 0.133. The maximum Gasteiger partial charge on any atom is 0.271 e. The highest BCUT2D eigenvalue weighted by atomic mass is 16.6. The molecular formula is C14H21N3O2. The van der Waals surface area contributed by atoms with Crippen molar-refractivity contribution in [3.8, 4) is 0 Å². The topological polar surface area (TPSA) is 58.4 Å². The number of likely N-dealkylation sites (N-methyl/N-ethyl adjacent to an activating group) is 1. The number of rotatable bonds is 6. The standard InChI is InChI=1S/C14H21N3O2/c1-16(13-6-2-3-7-13)10-9-15-12-5-4-8-14(11-12)17(18)19/h4-5,8,11,13,15H,2-3,6-7,9-10H2,1H3. The van der Waals surface area contributed by atoms with Crippen LogP contribution in [-0.2, 0) is 0 Å². The smallest absolute Gasteiger partial charge is 0.271 e. The van der Waals surface area contributed by atoms with E-state index in [-0.39, 0.29) is 10.6 Å². The molecule has 0 radical (unpaired) electrons. The van der Waals surface area contributed by atoms with Gasteiger partial charge in [0.15, 0.2) is 0 Å². The maximum atomic E-state index is 10.7. The molecule has 0 aliphatic heterocycles. The average molecular weight is 263 g/mol. The molecule has 5 nitrogen and oxygen atoms in total. The molecule has 19 heavy (non-hydrogen) atoms. The van der Waals surface area contributed by atoms with E-state index in [0.717, 1.165) is 18.8 Å². The van der Waals surface area contributed by atoms with Crippen LogP contribution in [0.25, 0.3) is 0 Å². The zero-order valence-electron chi connectivity index (χ0n) is 11.3. The van der Waals surface area contributed by atoms with Gasteiger partial charge in [-0.1, -0.05) is 18.9 Å². The summed E-state index contributed by atoms with van der Waals surface area (Å²) >= 11 is 0. The first-order valence-corrected chi connectivity index (χ1v) is 6.85. The number of anilines is 1. The Balaban J connectivity index is 1.78. The van der Waals surface area contributed by atoms with Crippen LogP contribution in [0.2, 0.25) is 0 Å². The molecule has 1 aromatic rings. The van der Waals surface area contributed by atoms with Crippen molar-refractivity contribution in [2.24, 2.45) is 0 Å². The number of nitrogens with zero attached hydrogens (tertiary/aromatic N) is 2. The quantitative estimate of drug-likeness (QED) is 0.633. The molecule has 0 bridgehead atoms. The van der Waals surface area contributed by atoms with Gasteiger partial charge in [-0.15, -0.1) is 0 Å². The summed E-state index contributed by atoms with van der Waals surface area (Å²) < 4.78 is 0. The fourth-order valence-electron chi connectivity index (χ4n) is 2.63. The Morgan fingerprint density at radius 3 is 2.84 bits per heavy atom. The van der Waals surface area contributed by atoms with Crippen LogP contribution in [0.5, 0.6) is 0 Å². The van der Waals surface area contributed by atoms with E-state index in [1.807, 2.05) is 6.07 Å². The van der Waals surface area contributed by atoms with E-state index in [4.69, 9.17) is 0 Å². The first-order valence-electron chi connectivity index (χ1n) is 6.85. The van der Waals surface area contributed by atoms with Crippen LogP contribution in [-0.4, -0.2) is 36.0 Å². The monoisotopic (exact) mass is 263 g/mol. The summed E-state index contributed by atoms with van der Waals surface area (Å²) in [6.45, 7) is 1.78. The predicted octanol–water partition coefficient (Wildman–Crippen LogP) is 2.88. The first-order chi connectivity index (χ1) is 9.16. The Morgan fingerprint density at radius 2 is 2.16 bits per heavy atom. The predicted molar refractivity (Wildman–Crippen MR) is 76.5 cm³/mol. The molecule has 5 heteroatoms. The van der Waals surface area contributed by atoms with Gasteiger partial charge in [0, 0.05) is 37.0 Å². The van der Waals surface area contributed by atoms with Gasteiger partial charge in [-0.05, 0) is 26.0 Å².